The van der Waals surface area contributed by atoms with E-state index in [1.54, 1.807) is 0 Å². The molecule has 0 aromatic rings. The number of rotatable bonds is 3. The standard InChI is InChI=1S/C6H8O5/c1-2-3(5(8)9)4(7)6(10)11/h2,4,7H,1H3,(H,8,9)(H,10,11)/b3-2-/t4-/m1/s1. The molecule has 0 bridgehead atoms. The number of hydrogen-bond acceptors (Lipinski definition) is 3. The number of allylic oxidation sites excluding steroid dienone is 1. The van der Waals surface area contributed by atoms with E-state index in [4.69, 9.17) is 15.3 Å². The number of carbonyl (C=O) groups is 2. The first kappa shape index (κ1) is 9.64. The maximum absolute atomic E-state index is 10.2. The van der Waals surface area contributed by atoms with Gasteiger partial charge < -0.3 is 15.3 Å². The van der Waals surface area contributed by atoms with E-state index in [2.05, 4.69) is 0 Å². The zero-order chi connectivity index (χ0) is 9.02. The summed E-state index contributed by atoms with van der Waals surface area (Å²) in [4.78, 5) is 20.2. The highest BCUT2D eigenvalue weighted by molar-refractivity contribution is 5.95. The van der Waals surface area contributed by atoms with Crippen LogP contribution in [0.3, 0.4) is 0 Å². The maximum atomic E-state index is 10.2. The molecule has 0 aromatic heterocycles. The van der Waals surface area contributed by atoms with E-state index in [1.165, 1.54) is 6.92 Å². The van der Waals surface area contributed by atoms with Crippen LogP contribution in [0.5, 0.6) is 0 Å². The van der Waals surface area contributed by atoms with Crippen LogP contribution in [0.15, 0.2) is 11.6 Å². The van der Waals surface area contributed by atoms with Crippen LogP contribution in [0.2, 0.25) is 0 Å². The van der Waals surface area contributed by atoms with Crippen LogP contribution in [0, 0.1) is 0 Å². The predicted octanol–water partition coefficient (Wildman–Crippen LogP) is -0.537. The molecule has 1 atom stereocenters. The van der Waals surface area contributed by atoms with Crippen molar-refractivity contribution in [2.24, 2.45) is 0 Å². The van der Waals surface area contributed by atoms with E-state index in [0.717, 1.165) is 6.08 Å². The number of carboxylic acids is 2. The molecule has 5 heteroatoms. The molecule has 0 fully saturated rings. The van der Waals surface area contributed by atoms with Crippen LogP contribution in [-0.2, 0) is 9.59 Å². The molecular formula is C6H8O5. The fraction of sp³-hybridized carbons (Fsp3) is 0.333. The van der Waals surface area contributed by atoms with Crippen LogP contribution in [0.25, 0.3) is 0 Å². The van der Waals surface area contributed by atoms with Crippen molar-refractivity contribution in [3.63, 3.8) is 0 Å². The fourth-order valence-electron chi connectivity index (χ4n) is 0.531. The van der Waals surface area contributed by atoms with Gasteiger partial charge in [-0.3, -0.25) is 0 Å². The highest BCUT2D eigenvalue weighted by atomic mass is 16.4. The quantitative estimate of drug-likeness (QED) is 0.482. The minimum Gasteiger partial charge on any atom is -0.479 e. The van der Waals surface area contributed by atoms with Crippen molar-refractivity contribution in [3.8, 4) is 0 Å². The number of aliphatic carboxylic acids is 2. The lowest BCUT2D eigenvalue weighted by Gasteiger charge is -2.04. The number of aliphatic hydroxyl groups excluding tert-OH is 1. The van der Waals surface area contributed by atoms with Crippen molar-refractivity contribution in [1.29, 1.82) is 0 Å². The normalized spacial score (nSPS) is 14.2. The van der Waals surface area contributed by atoms with Crippen molar-refractivity contribution in [1.82, 2.24) is 0 Å². The Morgan fingerprint density at radius 3 is 1.91 bits per heavy atom. The highest BCUT2D eigenvalue weighted by Gasteiger charge is 2.23. The highest BCUT2D eigenvalue weighted by Crippen LogP contribution is 2.02. The Morgan fingerprint density at radius 1 is 1.36 bits per heavy atom. The van der Waals surface area contributed by atoms with Gasteiger partial charge in [-0.05, 0) is 6.92 Å². The van der Waals surface area contributed by atoms with Crippen molar-refractivity contribution < 1.29 is 24.9 Å². The molecule has 0 saturated heterocycles. The van der Waals surface area contributed by atoms with E-state index in [1.807, 2.05) is 0 Å². The Kier molecular flexibility index (Phi) is 3.26. The second-order valence-electron chi connectivity index (χ2n) is 1.79. The summed E-state index contributed by atoms with van der Waals surface area (Å²) in [5.74, 6) is -3.00. The molecule has 0 aliphatic heterocycles. The fourth-order valence-corrected chi connectivity index (χ4v) is 0.531. The predicted molar refractivity (Wildman–Crippen MR) is 35.0 cm³/mol. The second kappa shape index (κ2) is 3.72. The molecule has 62 valence electrons. The number of carboxylic acid groups (broad SMARTS) is 2. The lowest BCUT2D eigenvalue weighted by atomic mass is 10.1. The van der Waals surface area contributed by atoms with Crippen LogP contribution in [-0.4, -0.2) is 33.4 Å². The first-order valence-electron chi connectivity index (χ1n) is 2.81. The molecule has 0 rings (SSSR count). The Bertz CT molecular complexity index is 205. The summed E-state index contributed by atoms with van der Waals surface area (Å²) >= 11 is 0. The summed E-state index contributed by atoms with van der Waals surface area (Å²) in [5.41, 5.74) is -0.530. The molecular weight excluding hydrogens is 152 g/mol. The second-order valence-corrected chi connectivity index (χ2v) is 1.79. The average Bonchev–Trinajstić information content (AvgIpc) is 1.88. The minimum absolute atomic E-state index is 0.530. The first-order valence-corrected chi connectivity index (χ1v) is 2.81. The third-order valence-electron chi connectivity index (χ3n) is 1.09. The van der Waals surface area contributed by atoms with Gasteiger partial charge in [0.1, 0.15) is 0 Å². The van der Waals surface area contributed by atoms with Gasteiger partial charge in [0.2, 0.25) is 0 Å². The van der Waals surface area contributed by atoms with Gasteiger partial charge in [-0.1, -0.05) is 6.08 Å². The van der Waals surface area contributed by atoms with Gasteiger partial charge >= 0.3 is 11.9 Å². The van der Waals surface area contributed by atoms with E-state index >= 15 is 0 Å². The molecule has 0 unspecified atom stereocenters. The van der Waals surface area contributed by atoms with Crippen LogP contribution >= 0.6 is 0 Å². The van der Waals surface area contributed by atoms with E-state index in [-0.39, 0.29) is 0 Å². The SMILES string of the molecule is C/C=C(\C(=O)O)[C@@H](O)C(=O)O. The molecule has 3 N–H and O–H groups in total. The third-order valence-corrected chi connectivity index (χ3v) is 1.09. The van der Waals surface area contributed by atoms with Gasteiger partial charge in [0.25, 0.3) is 0 Å². The van der Waals surface area contributed by atoms with Gasteiger partial charge in [0.15, 0.2) is 6.10 Å². The lowest BCUT2D eigenvalue weighted by Crippen LogP contribution is -2.26. The van der Waals surface area contributed by atoms with Crippen molar-refractivity contribution >= 4 is 11.9 Å². The smallest absolute Gasteiger partial charge is 0.337 e. The lowest BCUT2D eigenvalue weighted by molar-refractivity contribution is -0.147. The number of aliphatic hydroxyl groups is 1. The zero-order valence-electron chi connectivity index (χ0n) is 5.81. The first-order chi connectivity index (χ1) is 5.00. The molecule has 0 aliphatic rings. The monoisotopic (exact) mass is 160 g/mol. The van der Waals surface area contributed by atoms with Crippen LogP contribution in [0.1, 0.15) is 6.92 Å². The third kappa shape index (κ3) is 2.38. The zero-order valence-corrected chi connectivity index (χ0v) is 5.81. The average molecular weight is 160 g/mol. The van der Waals surface area contributed by atoms with Gasteiger partial charge in [0, 0.05) is 0 Å². The summed E-state index contributed by atoms with van der Waals surface area (Å²) in [6, 6.07) is 0. The van der Waals surface area contributed by atoms with Crippen molar-refractivity contribution in [2.45, 2.75) is 13.0 Å². The maximum Gasteiger partial charge on any atom is 0.337 e. The van der Waals surface area contributed by atoms with Gasteiger partial charge in [0.05, 0.1) is 5.57 Å². The van der Waals surface area contributed by atoms with Crippen molar-refractivity contribution in [2.75, 3.05) is 0 Å². The van der Waals surface area contributed by atoms with Crippen LogP contribution in [0.4, 0.5) is 0 Å². The molecule has 5 nitrogen and oxygen atoms in total. The minimum atomic E-state index is -1.95. The summed E-state index contributed by atoms with van der Waals surface area (Å²) in [7, 11) is 0. The summed E-state index contributed by atoms with van der Waals surface area (Å²) < 4.78 is 0. The van der Waals surface area contributed by atoms with E-state index in [9.17, 15) is 9.59 Å². The molecule has 11 heavy (non-hydrogen) atoms. The summed E-state index contributed by atoms with van der Waals surface area (Å²) in [5, 5.41) is 25.2. The Labute approximate surface area is 62.6 Å². The molecule has 0 amide bonds. The molecule has 0 aliphatic carbocycles. The molecule has 0 spiro atoms. The summed E-state index contributed by atoms with van der Waals surface area (Å²) in [6.45, 7) is 1.34. The Hall–Kier alpha value is -1.36. The molecule has 0 aromatic carbocycles. The Morgan fingerprint density at radius 2 is 1.82 bits per heavy atom. The Balaban J connectivity index is 4.54. The molecule has 0 radical (unpaired) electrons. The van der Waals surface area contributed by atoms with Gasteiger partial charge in [-0.2, -0.15) is 0 Å². The van der Waals surface area contributed by atoms with Crippen molar-refractivity contribution in [3.05, 3.63) is 11.6 Å². The number of hydrogen-bond donors (Lipinski definition) is 3. The van der Waals surface area contributed by atoms with Gasteiger partial charge in [-0.25, -0.2) is 9.59 Å². The van der Waals surface area contributed by atoms with E-state index < -0.39 is 23.6 Å². The largest absolute Gasteiger partial charge is 0.479 e. The molecule has 0 heterocycles. The topological polar surface area (TPSA) is 94.8 Å². The van der Waals surface area contributed by atoms with Crippen LogP contribution < -0.4 is 0 Å². The van der Waals surface area contributed by atoms with E-state index in [0.29, 0.717) is 0 Å². The van der Waals surface area contributed by atoms with Gasteiger partial charge in [-0.15, -0.1) is 0 Å². The molecule has 0 saturated carbocycles. The summed E-state index contributed by atoms with van der Waals surface area (Å²) in [6.07, 6.45) is -0.904.